The van der Waals surface area contributed by atoms with Crippen molar-refractivity contribution in [2.24, 2.45) is 5.14 Å². The monoisotopic (exact) mass is 594 g/mol. The molecule has 1 aliphatic heterocycles. The molecule has 212 valence electrons. The first-order valence-electron chi connectivity index (χ1n) is 11.4. The summed E-state index contributed by atoms with van der Waals surface area (Å²) in [6.45, 7) is 2.01. The number of nitrogens with two attached hydrogens (primary N) is 1. The molecule has 17 heteroatoms. The summed E-state index contributed by atoms with van der Waals surface area (Å²) in [5.74, 6) is 0. The van der Waals surface area contributed by atoms with E-state index in [0.29, 0.717) is 35.5 Å². The third-order valence-electron chi connectivity index (χ3n) is 5.73. The van der Waals surface area contributed by atoms with Gasteiger partial charge in [-0.2, -0.15) is 4.31 Å². The van der Waals surface area contributed by atoms with Crippen LogP contribution in [-0.4, -0.2) is 81.3 Å². The Kier molecular flexibility index (Phi) is 10.2. The van der Waals surface area contributed by atoms with E-state index < -0.39 is 37.6 Å². The first-order valence-corrected chi connectivity index (χ1v) is 15.2. The fourth-order valence-corrected chi connectivity index (χ4v) is 8.16. The number of hydrogen-bond acceptors (Lipinski definition) is 12. The number of nitrogens with zero attached hydrogens (tertiary/aromatic N) is 3. The van der Waals surface area contributed by atoms with Gasteiger partial charge in [0.1, 0.15) is 15.0 Å². The number of fused-ring (bicyclic) bond motifs is 1. The number of ether oxygens (including phenoxy) is 2. The highest BCUT2D eigenvalue weighted by Crippen LogP contribution is 2.42. The zero-order chi connectivity index (χ0) is 28.1. The van der Waals surface area contributed by atoms with Crippen LogP contribution in [0.1, 0.15) is 36.1 Å². The molecule has 3 rings (SSSR count). The molecule has 1 atom stereocenters. The highest BCUT2D eigenvalue weighted by atomic mass is 32.3. The van der Waals surface area contributed by atoms with E-state index in [2.05, 4.69) is 4.84 Å². The van der Waals surface area contributed by atoms with Gasteiger partial charge in [-0.1, -0.05) is 24.3 Å². The van der Waals surface area contributed by atoms with Gasteiger partial charge < -0.3 is 14.4 Å². The maximum absolute atomic E-state index is 13.3. The highest BCUT2D eigenvalue weighted by molar-refractivity contribution is 7.94. The fourth-order valence-electron chi connectivity index (χ4n) is 3.88. The molecule has 1 aromatic heterocycles. The summed E-state index contributed by atoms with van der Waals surface area (Å²) in [6, 6.07) is 7.05. The van der Waals surface area contributed by atoms with Gasteiger partial charge in [-0.25, -0.2) is 31.6 Å². The SMILES string of the molecule is CCN(C(=O)OCc1ccc(CON(O)O)cc1)[C@H]1CN(CCCOC)S(=O)(=O)c2sc(S(N)(=O)=O)cc21. The molecule has 0 saturated heterocycles. The minimum atomic E-state index is -4.18. The first-order chi connectivity index (χ1) is 17.9. The lowest BCUT2D eigenvalue weighted by Crippen LogP contribution is -2.47. The second-order valence-corrected chi connectivity index (χ2v) is 13.2. The summed E-state index contributed by atoms with van der Waals surface area (Å²) in [6.07, 6.45) is -0.316. The van der Waals surface area contributed by atoms with Crippen LogP contribution in [0.5, 0.6) is 0 Å². The van der Waals surface area contributed by atoms with Crippen LogP contribution in [0.3, 0.4) is 0 Å². The van der Waals surface area contributed by atoms with Gasteiger partial charge in [-0.15, -0.1) is 11.3 Å². The van der Waals surface area contributed by atoms with Crippen molar-refractivity contribution in [3.8, 4) is 0 Å². The third kappa shape index (κ3) is 7.26. The van der Waals surface area contributed by atoms with Gasteiger partial charge in [0.15, 0.2) is 0 Å². The molecule has 0 bridgehead atoms. The quantitative estimate of drug-likeness (QED) is 0.239. The summed E-state index contributed by atoms with van der Waals surface area (Å²) in [7, 11) is -6.70. The molecular weight excluding hydrogens is 564 g/mol. The molecule has 2 heterocycles. The van der Waals surface area contributed by atoms with Crippen LogP contribution in [0.15, 0.2) is 38.8 Å². The summed E-state index contributed by atoms with van der Waals surface area (Å²) in [5, 5.41) is 22.1. The molecule has 14 nitrogen and oxygen atoms in total. The Morgan fingerprint density at radius 2 is 1.84 bits per heavy atom. The smallest absolute Gasteiger partial charge is 0.410 e. The molecular formula is C21H30N4O10S3. The third-order valence-corrected chi connectivity index (χ3v) is 10.7. The number of hydrogen-bond donors (Lipinski definition) is 3. The van der Waals surface area contributed by atoms with Crippen molar-refractivity contribution in [2.45, 2.75) is 41.0 Å². The summed E-state index contributed by atoms with van der Waals surface area (Å²) in [5.41, 5.74) is 1.45. The maximum Gasteiger partial charge on any atom is 0.410 e. The lowest BCUT2D eigenvalue weighted by atomic mass is 10.1. The Labute approximate surface area is 224 Å². The van der Waals surface area contributed by atoms with Crippen molar-refractivity contribution in [3.05, 3.63) is 47.0 Å². The molecule has 1 amide bonds. The van der Waals surface area contributed by atoms with E-state index in [-0.39, 0.29) is 46.8 Å². The lowest BCUT2D eigenvalue weighted by molar-refractivity contribution is -0.497. The molecule has 2 aromatic rings. The van der Waals surface area contributed by atoms with Crippen LogP contribution in [0, 0.1) is 0 Å². The van der Waals surface area contributed by atoms with Crippen molar-refractivity contribution in [1.82, 2.24) is 14.6 Å². The number of carbonyl (C=O) groups is 1. The van der Waals surface area contributed by atoms with Gasteiger partial charge in [0.2, 0.25) is 10.0 Å². The van der Waals surface area contributed by atoms with Gasteiger partial charge in [0, 0.05) is 38.9 Å². The van der Waals surface area contributed by atoms with Crippen LogP contribution in [-0.2, 0) is 47.6 Å². The Balaban J connectivity index is 1.83. The normalized spacial score (nSPS) is 17.4. The van der Waals surface area contributed by atoms with Crippen LogP contribution < -0.4 is 5.14 Å². The minimum absolute atomic E-state index is 0.0916. The van der Waals surface area contributed by atoms with E-state index in [1.165, 1.54) is 22.4 Å². The largest absolute Gasteiger partial charge is 0.445 e. The average Bonchev–Trinajstić information content (AvgIpc) is 3.33. The second-order valence-electron chi connectivity index (χ2n) is 8.26. The molecule has 0 aliphatic carbocycles. The van der Waals surface area contributed by atoms with E-state index in [1.807, 2.05) is 0 Å². The van der Waals surface area contributed by atoms with Crippen molar-refractivity contribution in [2.75, 3.05) is 33.4 Å². The molecule has 0 radical (unpaired) electrons. The average molecular weight is 595 g/mol. The number of likely N-dealkylation sites (N-methyl/N-ethyl adjacent to an activating group) is 1. The predicted molar refractivity (Wildman–Crippen MR) is 133 cm³/mol. The first kappa shape index (κ1) is 30.4. The zero-order valence-corrected chi connectivity index (χ0v) is 23.2. The van der Waals surface area contributed by atoms with E-state index in [1.54, 1.807) is 31.2 Å². The molecule has 1 aromatic carbocycles. The van der Waals surface area contributed by atoms with Gasteiger partial charge in [-0.05, 0) is 30.5 Å². The number of rotatable bonds is 12. The van der Waals surface area contributed by atoms with E-state index >= 15 is 0 Å². The maximum atomic E-state index is 13.3. The number of methoxy groups -OCH3 is 1. The topological polar surface area (TPSA) is 189 Å². The van der Waals surface area contributed by atoms with Crippen LogP contribution in [0.2, 0.25) is 0 Å². The fraction of sp³-hybridized carbons (Fsp3) is 0.476. The number of carbonyl (C=O) groups excluding carboxylic acids is 1. The van der Waals surface area contributed by atoms with Crippen molar-refractivity contribution < 1.29 is 46.4 Å². The summed E-state index contributed by atoms with van der Waals surface area (Å²) < 4.78 is 61.8. The van der Waals surface area contributed by atoms with Gasteiger partial charge >= 0.3 is 6.09 Å². The van der Waals surface area contributed by atoms with Crippen molar-refractivity contribution in [3.63, 3.8) is 0 Å². The Morgan fingerprint density at radius 1 is 1.21 bits per heavy atom. The minimum Gasteiger partial charge on any atom is -0.445 e. The van der Waals surface area contributed by atoms with Gasteiger partial charge in [0.25, 0.3) is 10.0 Å². The zero-order valence-electron chi connectivity index (χ0n) is 20.7. The molecule has 38 heavy (non-hydrogen) atoms. The van der Waals surface area contributed by atoms with E-state index in [9.17, 15) is 21.6 Å². The summed E-state index contributed by atoms with van der Waals surface area (Å²) in [4.78, 5) is 19.0. The molecule has 0 saturated carbocycles. The number of primary sulfonamides is 1. The molecule has 0 unspecified atom stereocenters. The number of amides is 1. The van der Waals surface area contributed by atoms with Crippen LogP contribution in [0.4, 0.5) is 4.79 Å². The molecule has 0 fully saturated rings. The van der Waals surface area contributed by atoms with E-state index in [4.69, 9.17) is 25.0 Å². The van der Waals surface area contributed by atoms with E-state index in [0.717, 1.165) is 0 Å². The van der Waals surface area contributed by atoms with Crippen LogP contribution in [0.25, 0.3) is 0 Å². The second kappa shape index (κ2) is 12.8. The van der Waals surface area contributed by atoms with Crippen LogP contribution >= 0.6 is 11.3 Å². The highest BCUT2D eigenvalue weighted by Gasteiger charge is 2.43. The van der Waals surface area contributed by atoms with Gasteiger partial charge in [0.05, 0.1) is 18.0 Å². The van der Waals surface area contributed by atoms with Gasteiger partial charge in [-0.3, -0.25) is 10.4 Å². The molecule has 1 aliphatic rings. The number of sulfonamides is 2. The number of thiophene rings is 1. The molecule has 4 N–H and O–H groups in total. The lowest BCUT2D eigenvalue weighted by Gasteiger charge is -2.37. The predicted octanol–water partition coefficient (Wildman–Crippen LogP) is 1.65. The number of benzene rings is 1. The summed E-state index contributed by atoms with van der Waals surface area (Å²) >= 11 is 0.556. The standard InChI is InChI=1S/C21H30N4O10S3/c1-3-24(21(26)34-13-15-5-7-16(8-6-15)14-35-25(27)28)18-12-23(9-4-10-33-2)38(31,32)20-17(18)11-19(36-20)37(22,29)30/h5-8,11,18,27-28H,3-4,9-10,12-14H2,1-2H3,(H2,22,29,30)/t18-/m0/s1. The Morgan fingerprint density at radius 3 is 2.39 bits per heavy atom. The van der Waals surface area contributed by atoms with Crippen molar-refractivity contribution >= 4 is 37.5 Å². The van der Waals surface area contributed by atoms with Crippen molar-refractivity contribution in [1.29, 1.82) is 0 Å². The molecule has 0 spiro atoms. The Bertz CT molecular complexity index is 1310. The Hall–Kier alpha value is -2.19.